The van der Waals surface area contributed by atoms with Gasteiger partial charge in [0.05, 0.1) is 15.7 Å². The van der Waals surface area contributed by atoms with E-state index in [-0.39, 0.29) is 5.91 Å². The van der Waals surface area contributed by atoms with Crippen LogP contribution in [0.3, 0.4) is 0 Å². The number of nitrogens with zero attached hydrogens (tertiary/aromatic N) is 6. The van der Waals surface area contributed by atoms with Crippen molar-refractivity contribution < 1.29 is 4.79 Å². The van der Waals surface area contributed by atoms with Crippen LogP contribution in [0.2, 0.25) is 0 Å². The van der Waals surface area contributed by atoms with Gasteiger partial charge in [0.1, 0.15) is 5.52 Å². The maximum atomic E-state index is 13.0. The Morgan fingerprint density at radius 1 is 0.968 bits per heavy atom. The molecule has 3 heterocycles. The zero-order valence-electron chi connectivity index (χ0n) is 16.9. The molecule has 2 fully saturated rings. The fraction of sp³-hybridized carbons (Fsp3) is 0.318. The van der Waals surface area contributed by atoms with Crippen molar-refractivity contribution in [1.29, 1.82) is 0 Å². The first kappa shape index (κ1) is 18.4. The first-order chi connectivity index (χ1) is 15.2. The van der Waals surface area contributed by atoms with E-state index in [1.807, 2.05) is 47.4 Å². The first-order valence-electron chi connectivity index (χ1n) is 10.5. The van der Waals surface area contributed by atoms with Crippen LogP contribution in [0.5, 0.6) is 0 Å². The summed E-state index contributed by atoms with van der Waals surface area (Å²) in [5, 5.41) is 7.63. The zero-order chi connectivity index (χ0) is 20.8. The van der Waals surface area contributed by atoms with Gasteiger partial charge in [0.2, 0.25) is 0 Å². The fourth-order valence-corrected chi connectivity index (χ4v) is 4.49. The molecule has 4 aromatic rings. The normalized spacial score (nSPS) is 16.8. The molecule has 1 amide bonds. The van der Waals surface area contributed by atoms with Crippen LogP contribution in [-0.2, 0) is 0 Å². The van der Waals surface area contributed by atoms with Crippen molar-refractivity contribution in [3.05, 3.63) is 48.0 Å². The summed E-state index contributed by atoms with van der Waals surface area (Å²) in [6.07, 6.45) is 2.35. The van der Waals surface area contributed by atoms with E-state index in [2.05, 4.69) is 19.8 Å². The molecular weight excluding hydrogens is 410 g/mol. The average Bonchev–Trinajstić information content (AvgIpc) is 3.50. The molecule has 31 heavy (non-hydrogen) atoms. The Balaban J connectivity index is 1.22. The number of carbonyl (C=O) groups is 1. The number of piperazine rings is 1. The molecule has 1 aliphatic heterocycles. The predicted octanol–water partition coefficient (Wildman–Crippen LogP) is 3.17. The van der Waals surface area contributed by atoms with Crippen LogP contribution in [0.1, 0.15) is 23.2 Å². The number of fused-ring (bicyclic) bond motifs is 2. The molecule has 0 radical (unpaired) electrons. The number of hydrogen-bond donors (Lipinski definition) is 1. The summed E-state index contributed by atoms with van der Waals surface area (Å²) in [7, 11) is 0. The highest BCUT2D eigenvalue weighted by Crippen LogP contribution is 2.31. The van der Waals surface area contributed by atoms with Gasteiger partial charge in [-0.25, -0.2) is 9.97 Å². The largest absolute Gasteiger partial charge is 0.364 e. The Kier molecular flexibility index (Phi) is 4.41. The Morgan fingerprint density at radius 3 is 2.52 bits per heavy atom. The van der Waals surface area contributed by atoms with Crippen molar-refractivity contribution in [2.24, 2.45) is 0 Å². The summed E-state index contributed by atoms with van der Waals surface area (Å²) < 4.78 is 4.95. The maximum Gasteiger partial charge on any atom is 0.254 e. The number of anilines is 2. The van der Waals surface area contributed by atoms with Crippen LogP contribution >= 0.6 is 11.5 Å². The zero-order valence-corrected chi connectivity index (χ0v) is 17.7. The van der Waals surface area contributed by atoms with Gasteiger partial charge in [0.25, 0.3) is 5.91 Å². The molecule has 1 N–H and O–H groups in total. The topological polar surface area (TPSA) is 87.1 Å². The van der Waals surface area contributed by atoms with Crippen LogP contribution in [-0.4, -0.2) is 62.6 Å². The van der Waals surface area contributed by atoms with E-state index in [1.165, 1.54) is 24.4 Å². The van der Waals surface area contributed by atoms with Gasteiger partial charge in [0.15, 0.2) is 11.6 Å². The second kappa shape index (κ2) is 7.42. The van der Waals surface area contributed by atoms with Gasteiger partial charge in [-0.2, -0.15) is 0 Å². The number of benzene rings is 2. The number of amides is 1. The van der Waals surface area contributed by atoms with E-state index in [0.29, 0.717) is 24.7 Å². The van der Waals surface area contributed by atoms with E-state index in [1.54, 1.807) is 0 Å². The van der Waals surface area contributed by atoms with E-state index >= 15 is 0 Å². The molecule has 2 aliphatic rings. The second-order valence-corrected chi connectivity index (χ2v) is 8.82. The summed E-state index contributed by atoms with van der Waals surface area (Å²) in [5.74, 6) is 1.77. The van der Waals surface area contributed by atoms with Gasteiger partial charge in [0, 0.05) is 37.8 Å². The molecule has 0 unspecified atom stereocenters. The number of nitrogens with one attached hydrogen (secondary N) is 1. The quantitative estimate of drug-likeness (QED) is 0.531. The summed E-state index contributed by atoms with van der Waals surface area (Å²) in [6, 6.07) is 14.1. The summed E-state index contributed by atoms with van der Waals surface area (Å²) in [5.41, 5.74) is 3.23. The first-order valence-corrected chi connectivity index (χ1v) is 11.3. The van der Waals surface area contributed by atoms with Crippen molar-refractivity contribution in [3.8, 4) is 0 Å². The lowest BCUT2D eigenvalue weighted by Gasteiger charge is -2.36. The van der Waals surface area contributed by atoms with Gasteiger partial charge >= 0.3 is 0 Å². The Labute approximate surface area is 183 Å². The highest BCUT2D eigenvalue weighted by Gasteiger charge is 2.28. The molecule has 2 aromatic carbocycles. The molecule has 9 heteroatoms. The molecule has 6 rings (SSSR count). The lowest BCUT2D eigenvalue weighted by atomic mass is 10.1. The maximum absolute atomic E-state index is 13.0. The monoisotopic (exact) mass is 431 g/mol. The number of para-hydroxylation sites is 2. The van der Waals surface area contributed by atoms with Crippen LogP contribution < -0.4 is 10.2 Å². The Bertz CT molecular complexity index is 1280. The molecule has 0 bridgehead atoms. The number of hydrogen-bond acceptors (Lipinski definition) is 8. The van der Waals surface area contributed by atoms with Crippen LogP contribution in [0, 0.1) is 0 Å². The van der Waals surface area contributed by atoms with Crippen molar-refractivity contribution in [2.75, 3.05) is 36.4 Å². The minimum atomic E-state index is 0.0375. The number of rotatable bonds is 4. The average molecular weight is 432 g/mol. The van der Waals surface area contributed by atoms with Gasteiger partial charge in [-0.05, 0) is 54.7 Å². The highest BCUT2D eigenvalue weighted by molar-refractivity contribution is 7.12. The van der Waals surface area contributed by atoms with Gasteiger partial charge in [-0.15, -0.1) is 5.10 Å². The van der Waals surface area contributed by atoms with Gasteiger partial charge in [-0.3, -0.25) is 4.79 Å². The van der Waals surface area contributed by atoms with Crippen molar-refractivity contribution >= 4 is 50.3 Å². The summed E-state index contributed by atoms with van der Waals surface area (Å²) in [4.78, 5) is 26.9. The Hall–Kier alpha value is -3.33. The van der Waals surface area contributed by atoms with Crippen molar-refractivity contribution in [1.82, 2.24) is 24.5 Å². The molecule has 1 saturated heterocycles. The molecule has 1 aliphatic carbocycles. The predicted molar refractivity (Wildman–Crippen MR) is 122 cm³/mol. The van der Waals surface area contributed by atoms with E-state index < -0.39 is 0 Å². The second-order valence-electron chi connectivity index (χ2n) is 8.04. The van der Waals surface area contributed by atoms with E-state index in [4.69, 9.17) is 9.97 Å². The molecule has 2 aromatic heterocycles. The third-order valence-corrected chi connectivity index (χ3v) is 6.54. The minimum Gasteiger partial charge on any atom is -0.364 e. The fourth-order valence-electron chi connectivity index (χ4n) is 3.95. The number of aromatic nitrogens is 4. The lowest BCUT2D eigenvalue weighted by molar-refractivity contribution is 0.0746. The van der Waals surface area contributed by atoms with E-state index in [0.717, 1.165) is 46.0 Å². The molecule has 0 spiro atoms. The van der Waals surface area contributed by atoms with Crippen LogP contribution in [0.25, 0.3) is 21.3 Å². The standard InChI is InChI=1S/C22H21N7OS/c30-22(14-5-8-19-18(13-14)26-27-31-19)29-11-9-28(10-12-29)21-20(23-15-6-7-15)24-16-3-1-2-4-17(16)25-21/h1-5,8,13,15H,6-7,9-12H2,(H,23,24). The van der Waals surface area contributed by atoms with Crippen LogP contribution in [0.4, 0.5) is 11.6 Å². The molecule has 1 saturated carbocycles. The van der Waals surface area contributed by atoms with Crippen LogP contribution in [0.15, 0.2) is 42.5 Å². The number of carbonyl (C=O) groups excluding carboxylic acids is 1. The molecule has 0 atom stereocenters. The Morgan fingerprint density at radius 2 is 1.74 bits per heavy atom. The van der Waals surface area contributed by atoms with Gasteiger partial charge in [-0.1, -0.05) is 16.6 Å². The van der Waals surface area contributed by atoms with Crippen molar-refractivity contribution in [2.45, 2.75) is 18.9 Å². The SMILES string of the molecule is O=C(c1ccc2snnc2c1)N1CCN(c2nc3ccccc3nc2NC2CC2)CC1. The van der Waals surface area contributed by atoms with Gasteiger partial charge < -0.3 is 15.1 Å². The van der Waals surface area contributed by atoms with E-state index in [9.17, 15) is 4.79 Å². The van der Waals surface area contributed by atoms with Crippen molar-refractivity contribution in [3.63, 3.8) is 0 Å². The third-order valence-electron chi connectivity index (χ3n) is 5.83. The third kappa shape index (κ3) is 3.54. The lowest BCUT2D eigenvalue weighted by Crippen LogP contribution is -2.49. The molecule has 156 valence electrons. The smallest absolute Gasteiger partial charge is 0.254 e. The molecule has 8 nitrogen and oxygen atoms in total. The summed E-state index contributed by atoms with van der Waals surface area (Å²) in [6.45, 7) is 2.73. The minimum absolute atomic E-state index is 0.0375. The summed E-state index contributed by atoms with van der Waals surface area (Å²) >= 11 is 1.34. The molecular formula is C22H21N7OS. The highest BCUT2D eigenvalue weighted by atomic mass is 32.1.